The number of aromatic nitrogens is 1. The Hall–Kier alpha value is -2.30. The molecular formula is C17H20N2O3. The van der Waals surface area contributed by atoms with E-state index in [1.807, 2.05) is 24.4 Å². The molecule has 116 valence electrons. The molecule has 0 spiro atoms. The number of para-hydroxylation sites is 1. The van der Waals surface area contributed by atoms with Crippen molar-refractivity contribution in [3.05, 3.63) is 36.0 Å². The van der Waals surface area contributed by atoms with Gasteiger partial charge in [-0.05, 0) is 37.3 Å². The summed E-state index contributed by atoms with van der Waals surface area (Å²) in [5.41, 5.74) is 2.31. The van der Waals surface area contributed by atoms with Crippen LogP contribution < -0.4 is 0 Å². The van der Waals surface area contributed by atoms with Gasteiger partial charge in [-0.2, -0.15) is 0 Å². The van der Waals surface area contributed by atoms with E-state index in [-0.39, 0.29) is 5.91 Å². The number of nitrogens with zero attached hydrogens (tertiary/aromatic N) is 1. The number of hydrogen-bond acceptors (Lipinski definition) is 2. The van der Waals surface area contributed by atoms with Crippen molar-refractivity contribution >= 4 is 22.8 Å². The summed E-state index contributed by atoms with van der Waals surface area (Å²) < 4.78 is 0. The number of amides is 1. The Balaban J connectivity index is 1.57. The lowest BCUT2D eigenvalue weighted by atomic mass is 10.1. The van der Waals surface area contributed by atoms with E-state index < -0.39 is 12.0 Å². The van der Waals surface area contributed by atoms with Crippen LogP contribution in [0.3, 0.4) is 0 Å². The zero-order chi connectivity index (χ0) is 15.5. The number of aliphatic carboxylic acids is 1. The summed E-state index contributed by atoms with van der Waals surface area (Å²) in [6.07, 6.45) is 5.31. The van der Waals surface area contributed by atoms with Crippen LogP contribution in [0, 0.1) is 0 Å². The van der Waals surface area contributed by atoms with Gasteiger partial charge in [0, 0.05) is 30.1 Å². The first-order chi connectivity index (χ1) is 10.7. The van der Waals surface area contributed by atoms with Crippen LogP contribution in [0.4, 0.5) is 0 Å². The molecule has 1 fully saturated rings. The fourth-order valence-electron chi connectivity index (χ4n) is 3.23. The van der Waals surface area contributed by atoms with Gasteiger partial charge in [0.05, 0.1) is 0 Å². The summed E-state index contributed by atoms with van der Waals surface area (Å²) in [7, 11) is 0. The molecule has 2 heterocycles. The third kappa shape index (κ3) is 2.84. The first-order valence-corrected chi connectivity index (χ1v) is 7.74. The largest absolute Gasteiger partial charge is 0.480 e. The SMILES string of the molecule is O=C(O)[C@@H]1CCCN1C(=O)CCCc1c[nH]c2ccccc12. The molecule has 1 aromatic carbocycles. The Labute approximate surface area is 128 Å². The van der Waals surface area contributed by atoms with E-state index in [0.717, 1.165) is 24.8 Å². The predicted octanol–water partition coefficient (Wildman–Crippen LogP) is 2.57. The van der Waals surface area contributed by atoms with Crippen LogP contribution in [0.15, 0.2) is 30.5 Å². The number of nitrogens with one attached hydrogen (secondary N) is 1. The van der Waals surface area contributed by atoms with Crippen LogP contribution in [0.25, 0.3) is 10.9 Å². The fraction of sp³-hybridized carbons (Fsp3) is 0.412. The molecule has 1 aliphatic heterocycles. The van der Waals surface area contributed by atoms with Crippen LogP contribution in [0.5, 0.6) is 0 Å². The first kappa shape index (κ1) is 14.6. The molecular weight excluding hydrogens is 280 g/mol. The minimum absolute atomic E-state index is 0.0373. The van der Waals surface area contributed by atoms with Crippen molar-refractivity contribution in [3.8, 4) is 0 Å². The number of H-pyrrole nitrogens is 1. The van der Waals surface area contributed by atoms with Crippen LogP contribution in [0.2, 0.25) is 0 Å². The summed E-state index contributed by atoms with van der Waals surface area (Å²) >= 11 is 0. The molecule has 1 amide bonds. The highest BCUT2D eigenvalue weighted by atomic mass is 16.4. The molecule has 3 rings (SSSR count). The molecule has 5 heteroatoms. The van der Waals surface area contributed by atoms with Gasteiger partial charge >= 0.3 is 5.97 Å². The number of rotatable bonds is 5. The highest BCUT2D eigenvalue weighted by molar-refractivity contribution is 5.85. The second kappa shape index (κ2) is 6.22. The van der Waals surface area contributed by atoms with Crippen molar-refractivity contribution in [2.75, 3.05) is 6.54 Å². The normalized spacial score (nSPS) is 18.0. The fourth-order valence-corrected chi connectivity index (χ4v) is 3.23. The second-order valence-electron chi connectivity index (χ2n) is 5.80. The molecule has 22 heavy (non-hydrogen) atoms. The van der Waals surface area contributed by atoms with Gasteiger partial charge in [0.15, 0.2) is 0 Å². The number of benzene rings is 1. The van der Waals surface area contributed by atoms with E-state index in [1.165, 1.54) is 15.8 Å². The quantitative estimate of drug-likeness (QED) is 0.891. The van der Waals surface area contributed by atoms with E-state index in [9.17, 15) is 9.59 Å². The number of likely N-dealkylation sites (tertiary alicyclic amines) is 1. The molecule has 0 radical (unpaired) electrons. The lowest BCUT2D eigenvalue weighted by Gasteiger charge is -2.21. The molecule has 1 aliphatic rings. The third-order valence-corrected chi connectivity index (χ3v) is 4.37. The number of aryl methyl sites for hydroxylation is 1. The number of carboxylic acids is 1. The molecule has 0 bridgehead atoms. The van der Waals surface area contributed by atoms with Gasteiger partial charge in [0.2, 0.25) is 5.91 Å². The van der Waals surface area contributed by atoms with E-state index in [2.05, 4.69) is 11.1 Å². The average molecular weight is 300 g/mol. The van der Waals surface area contributed by atoms with E-state index >= 15 is 0 Å². The van der Waals surface area contributed by atoms with Gasteiger partial charge in [-0.15, -0.1) is 0 Å². The van der Waals surface area contributed by atoms with Crippen molar-refractivity contribution in [2.45, 2.75) is 38.1 Å². The number of fused-ring (bicyclic) bond motifs is 1. The second-order valence-corrected chi connectivity index (χ2v) is 5.80. The molecule has 0 aliphatic carbocycles. The number of aromatic amines is 1. The van der Waals surface area contributed by atoms with Crippen LogP contribution in [-0.2, 0) is 16.0 Å². The van der Waals surface area contributed by atoms with Crippen molar-refractivity contribution in [3.63, 3.8) is 0 Å². The highest BCUT2D eigenvalue weighted by Crippen LogP contribution is 2.21. The maximum Gasteiger partial charge on any atom is 0.326 e. The number of carboxylic acid groups (broad SMARTS) is 1. The monoisotopic (exact) mass is 300 g/mol. The van der Waals surface area contributed by atoms with Crippen molar-refractivity contribution in [2.24, 2.45) is 0 Å². The Morgan fingerprint density at radius 3 is 2.95 bits per heavy atom. The summed E-state index contributed by atoms with van der Waals surface area (Å²) in [4.78, 5) is 28.1. The molecule has 0 saturated carbocycles. The van der Waals surface area contributed by atoms with Crippen molar-refractivity contribution < 1.29 is 14.7 Å². The minimum atomic E-state index is -0.887. The summed E-state index contributed by atoms with van der Waals surface area (Å²) in [5.74, 6) is -0.924. The minimum Gasteiger partial charge on any atom is -0.480 e. The Morgan fingerprint density at radius 1 is 1.32 bits per heavy atom. The predicted molar refractivity (Wildman–Crippen MR) is 83.6 cm³/mol. The Morgan fingerprint density at radius 2 is 2.14 bits per heavy atom. The zero-order valence-electron chi connectivity index (χ0n) is 12.4. The third-order valence-electron chi connectivity index (χ3n) is 4.37. The van der Waals surface area contributed by atoms with E-state index in [1.54, 1.807) is 0 Å². The summed E-state index contributed by atoms with van der Waals surface area (Å²) in [6, 6.07) is 7.48. The van der Waals surface area contributed by atoms with Gasteiger partial charge in [-0.3, -0.25) is 4.79 Å². The highest BCUT2D eigenvalue weighted by Gasteiger charge is 2.33. The molecule has 2 N–H and O–H groups in total. The van der Waals surface area contributed by atoms with Gasteiger partial charge in [-0.1, -0.05) is 18.2 Å². The van der Waals surface area contributed by atoms with E-state index in [0.29, 0.717) is 19.4 Å². The number of hydrogen-bond donors (Lipinski definition) is 2. The van der Waals surface area contributed by atoms with Gasteiger partial charge in [-0.25, -0.2) is 4.79 Å². The lowest BCUT2D eigenvalue weighted by Crippen LogP contribution is -2.40. The van der Waals surface area contributed by atoms with Crippen LogP contribution in [-0.4, -0.2) is 39.5 Å². The Bertz CT molecular complexity index is 692. The number of carbonyl (C=O) groups is 2. The number of carbonyl (C=O) groups excluding carboxylic acids is 1. The van der Waals surface area contributed by atoms with Crippen LogP contribution in [0.1, 0.15) is 31.2 Å². The zero-order valence-corrected chi connectivity index (χ0v) is 12.4. The van der Waals surface area contributed by atoms with Gasteiger partial charge in [0.1, 0.15) is 6.04 Å². The Kier molecular flexibility index (Phi) is 4.13. The maximum absolute atomic E-state index is 12.2. The molecule has 0 unspecified atom stereocenters. The van der Waals surface area contributed by atoms with Gasteiger partial charge < -0.3 is 15.0 Å². The molecule has 2 aromatic rings. The van der Waals surface area contributed by atoms with Gasteiger partial charge in [0.25, 0.3) is 0 Å². The molecule has 1 aromatic heterocycles. The average Bonchev–Trinajstić information content (AvgIpc) is 3.14. The molecule has 5 nitrogen and oxygen atoms in total. The summed E-state index contributed by atoms with van der Waals surface area (Å²) in [5, 5.41) is 10.3. The lowest BCUT2D eigenvalue weighted by molar-refractivity contribution is -0.148. The maximum atomic E-state index is 12.2. The molecule has 1 saturated heterocycles. The van der Waals surface area contributed by atoms with Crippen molar-refractivity contribution in [1.29, 1.82) is 0 Å². The van der Waals surface area contributed by atoms with Crippen molar-refractivity contribution in [1.82, 2.24) is 9.88 Å². The molecule has 1 atom stereocenters. The van der Waals surface area contributed by atoms with E-state index in [4.69, 9.17) is 5.11 Å². The standard InChI is InChI=1S/C17H20N2O3/c20-16(19-10-4-8-15(19)17(21)22)9-3-5-12-11-18-14-7-2-1-6-13(12)14/h1-2,6-7,11,15,18H,3-5,8-10H2,(H,21,22)/t15-/m0/s1. The first-order valence-electron chi connectivity index (χ1n) is 7.74. The topological polar surface area (TPSA) is 73.4 Å². The smallest absolute Gasteiger partial charge is 0.326 e. The summed E-state index contributed by atoms with van der Waals surface area (Å²) in [6.45, 7) is 0.572. The van der Waals surface area contributed by atoms with Crippen LogP contribution >= 0.6 is 0 Å².